The molecule has 0 aliphatic heterocycles. The molecule has 0 radical (unpaired) electrons. The summed E-state index contributed by atoms with van der Waals surface area (Å²) in [7, 11) is 0. The lowest BCUT2D eigenvalue weighted by Crippen LogP contribution is -2.21. The van der Waals surface area contributed by atoms with Gasteiger partial charge in [-0.3, -0.25) is 9.48 Å². The summed E-state index contributed by atoms with van der Waals surface area (Å²) in [6, 6.07) is 8.11. The Balaban J connectivity index is 1.67. The average Bonchev–Trinajstić information content (AvgIpc) is 3.17. The highest BCUT2D eigenvalue weighted by molar-refractivity contribution is 6.35. The third-order valence-electron chi connectivity index (χ3n) is 3.65. The minimum absolute atomic E-state index is 0.249. The minimum atomic E-state index is -0.588. The lowest BCUT2D eigenvalue weighted by molar-refractivity contribution is -0.392. The van der Waals surface area contributed by atoms with Crippen LogP contribution >= 0.6 is 23.2 Å². The standard InChI is InChI=1S/C16H14Cl2N6O3/c1-10-7-16(24(26)27)23(20-10)9-15(25)19-14-5-6-22(21-14)8-11-12(17)3-2-4-13(11)18/h2-7H,8-9H2,1H3,(H,19,21,25). The van der Waals surface area contributed by atoms with E-state index in [1.54, 1.807) is 42.1 Å². The van der Waals surface area contributed by atoms with Crippen molar-refractivity contribution in [2.24, 2.45) is 0 Å². The molecule has 0 saturated carbocycles. The van der Waals surface area contributed by atoms with Gasteiger partial charge in [0.05, 0.1) is 18.3 Å². The van der Waals surface area contributed by atoms with Crippen LogP contribution in [0.4, 0.5) is 11.6 Å². The van der Waals surface area contributed by atoms with E-state index in [0.717, 1.165) is 4.68 Å². The first-order valence-electron chi connectivity index (χ1n) is 7.78. The molecule has 0 unspecified atom stereocenters. The van der Waals surface area contributed by atoms with Crippen molar-refractivity contribution in [2.45, 2.75) is 20.0 Å². The maximum Gasteiger partial charge on any atom is 0.345 e. The number of hydrogen-bond acceptors (Lipinski definition) is 5. The summed E-state index contributed by atoms with van der Waals surface area (Å²) < 4.78 is 2.61. The zero-order chi connectivity index (χ0) is 19.6. The Morgan fingerprint density at radius 3 is 2.63 bits per heavy atom. The van der Waals surface area contributed by atoms with Gasteiger partial charge in [-0.15, -0.1) is 4.68 Å². The summed E-state index contributed by atoms with van der Waals surface area (Å²) in [5.41, 5.74) is 1.17. The average molecular weight is 409 g/mol. The molecule has 0 bridgehead atoms. The van der Waals surface area contributed by atoms with E-state index in [4.69, 9.17) is 23.2 Å². The van der Waals surface area contributed by atoms with Crippen LogP contribution in [0.2, 0.25) is 10.0 Å². The van der Waals surface area contributed by atoms with E-state index >= 15 is 0 Å². The summed E-state index contributed by atoms with van der Waals surface area (Å²) in [6.07, 6.45) is 1.66. The molecule has 0 aliphatic carbocycles. The number of amides is 1. The fourth-order valence-corrected chi connectivity index (χ4v) is 2.99. The van der Waals surface area contributed by atoms with Gasteiger partial charge in [0, 0.05) is 27.9 Å². The summed E-state index contributed by atoms with van der Waals surface area (Å²) in [6.45, 7) is 1.65. The van der Waals surface area contributed by atoms with Crippen molar-refractivity contribution in [3.63, 3.8) is 0 Å². The normalized spacial score (nSPS) is 10.8. The number of rotatable bonds is 6. The second-order valence-corrected chi connectivity index (χ2v) is 6.52. The van der Waals surface area contributed by atoms with E-state index in [1.807, 2.05) is 0 Å². The van der Waals surface area contributed by atoms with Crippen LogP contribution in [0.25, 0.3) is 0 Å². The molecule has 1 N–H and O–H groups in total. The van der Waals surface area contributed by atoms with Gasteiger partial charge >= 0.3 is 5.82 Å². The van der Waals surface area contributed by atoms with Crippen molar-refractivity contribution in [2.75, 3.05) is 5.32 Å². The molecular weight excluding hydrogens is 395 g/mol. The molecule has 3 aromatic rings. The van der Waals surface area contributed by atoms with Crippen LogP contribution in [0.3, 0.4) is 0 Å². The molecule has 9 nitrogen and oxygen atoms in total. The lowest BCUT2D eigenvalue weighted by atomic mass is 10.2. The van der Waals surface area contributed by atoms with E-state index in [0.29, 0.717) is 33.7 Å². The van der Waals surface area contributed by atoms with Crippen LogP contribution < -0.4 is 5.32 Å². The Kier molecular flexibility index (Phi) is 5.43. The number of nitro groups is 1. The smallest absolute Gasteiger partial charge is 0.345 e. The summed E-state index contributed by atoms with van der Waals surface area (Å²) in [5, 5.41) is 22.8. The number of benzene rings is 1. The third kappa shape index (κ3) is 4.44. The molecule has 0 aliphatic rings. The number of nitrogens with zero attached hydrogens (tertiary/aromatic N) is 5. The zero-order valence-electron chi connectivity index (χ0n) is 14.1. The lowest BCUT2D eigenvalue weighted by Gasteiger charge is -2.07. The van der Waals surface area contributed by atoms with Gasteiger partial charge in [-0.25, -0.2) is 0 Å². The predicted octanol–water partition coefficient (Wildman–Crippen LogP) is 3.29. The number of nitrogens with one attached hydrogen (secondary N) is 1. The van der Waals surface area contributed by atoms with Crippen molar-refractivity contribution in [1.29, 1.82) is 0 Å². The number of aromatic nitrogens is 4. The van der Waals surface area contributed by atoms with E-state index in [9.17, 15) is 14.9 Å². The van der Waals surface area contributed by atoms with Crippen molar-refractivity contribution in [3.05, 3.63) is 67.9 Å². The van der Waals surface area contributed by atoms with Crippen molar-refractivity contribution < 1.29 is 9.72 Å². The second kappa shape index (κ2) is 7.77. The van der Waals surface area contributed by atoms with E-state index in [2.05, 4.69) is 15.5 Å². The summed E-state index contributed by atoms with van der Waals surface area (Å²) in [4.78, 5) is 22.6. The molecule has 0 atom stereocenters. The van der Waals surface area contributed by atoms with Gasteiger partial charge in [0.1, 0.15) is 0 Å². The van der Waals surface area contributed by atoms with Gasteiger partial charge in [-0.05, 0) is 24.0 Å². The Hall–Kier alpha value is -2.91. The predicted molar refractivity (Wildman–Crippen MR) is 100 cm³/mol. The first-order chi connectivity index (χ1) is 12.8. The first kappa shape index (κ1) is 18.9. The van der Waals surface area contributed by atoms with E-state index in [1.165, 1.54) is 6.07 Å². The van der Waals surface area contributed by atoms with E-state index < -0.39 is 10.8 Å². The quantitative estimate of drug-likeness (QED) is 0.497. The molecule has 27 heavy (non-hydrogen) atoms. The first-order valence-corrected chi connectivity index (χ1v) is 8.54. The highest BCUT2D eigenvalue weighted by atomic mass is 35.5. The van der Waals surface area contributed by atoms with Gasteiger partial charge < -0.3 is 15.4 Å². The largest absolute Gasteiger partial charge is 0.358 e. The van der Waals surface area contributed by atoms with Crippen molar-refractivity contribution in [1.82, 2.24) is 19.6 Å². The molecular formula is C16H14Cl2N6O3. The molecule has 2 aromatic heterocycles. The minimum Gasteiger partial charge on any atom is -0.358 e. The molecule has 11 heteroatoms. The van der Waals surface area contributed by atoms with Gasteiger partial charge in [0.2, 0.25) is 0 Å². The van der Waals surface area contributed by atoms with Crippen LogP contribution in [-0.4, -0.2) is 30.4 Å². The number of carbonyl (C=O) groups is 1. The molecule has 1 aromatic carbocycles. The summed E-state index contributed by atoms with van der Waals surface area (Å²) >= 11 is 12.3. The SMILES string of the molecule is Cc1cc([N+](=O)[O-])n(CC(=O)Nc2ccn(Cc3c(Cl)cccc3Cl)n2)n1. The molecule has 2 heterocycles. The molecule has 3 rings (SSSR count). The molecule has 0 fully saturated rings. The number of hydrogen-bond donors (Lipinski definition) is 1. The number of carbonyl (C=O) groups excluding carboxylic acids is 1. The van der Waals surface area contributed by atoms with Crippen molar-refractivity contribution in [3.8, 4) is 0 Å². The van der Waals surface area contributed by atoms with Gasteiger partial charge in [-0.1, -0.05) is 34.4 Å². The van der Waals surface area contributed by atoms with Crippen LogP contribution in [0.1, 0.15) is 11.3 Å². The molecule has 1 amide bonds. The molecule has 140 valence electrons. The topological polar surface area (TPSA) is 108 Å². The number of anilines is 1. The fourth-order valence-electron chi connectivity index (χ4n) is 2.48. The Bertz CT molecular complexity index is 993. The fraction of sp³-hybridized carbons (Fsp3) is 0.188. The van der Waals surface area contributed by atoms with Crippen LogP contribution in [0.15, 0.2) is 36.5 Å². The van der Waals surface area contributed by atoms with Crippen LogP contribution in [0.5, 0.6) is 0 Å². The van der Waals surface area contributed by atoms with E-state index in [-0.39, 0.29) is 12.4 Å². The van der Waals surface area contributed by atoms with Gasteiger partial charge in [0.25, 0.3) is 5.91 Å². The Labute approximate surface area is 163 Å². The third-order valence-corrected chi connectivity index (χ3v) is 4.36. The molecule has 0 spiro atoms. The second-order valence-electron chi connectivity index (χ2n) is 5.71. The highest BCUT2D eigenvalue weighted by Crippen LogP contribution is 2.25. The number of aryl methyl sites for hydroxylation is 1. The van der Waals surface area contributed by atoms with Crippen LogP contribution in [-0.2, 0) is 17.9 Å². The maximum atomic E-state index is 12.2. The zero-order valence-corrected chi connectivity index (χ0v) is 15.6. The van der Waals surface area contributed by atoms with Crippen molar-refractivity contribution >= 4 is 40.7 Å². The molecule has 0 saturated heterocycles. The van der Waals surface area contributed by atoms with Gasteiger partial charge in [0.15, 0.2) is 12.4 Å². The van der Waals surface area contributed by atoms with Gasteiger partial charge in [-0.2, -0.15) is 5.10 Å². The maximum absolute atomic E-state index is 12.2. The number of halogens is 2. The Morgan fingerprint density at radius 1 is 1.26 bits per heavy atom. The van der Waals surface area contributed by atoms with Crippen LogP contribution in [0, 0.1) is 17.0 Å². The Morgan fingerprint density at radius 2 is 1.96 bits per heavy atom. The monoisotopic (exact) mass is 408 g/mol. The highest BCUT2D eigenvalue weighted by Gasteiger charge is 2.20. The summed E-state index contributed by atoms with van der Waals surface area (Å²) in [5.74, 6) is -0.432.